The number of anilines is 1. The number of carbonyl (C=O) groups is 1. The predicted molar refractivity (Wildman–Crippen MR) is 75.3 cm³/mol. The first-order chi connectivity index (χ1) is 8.17. The van der Waals surface area contributed by atoms with Crippen molar-refractivity contribution < 1.29 is 4.79 Å². The van der Waals surface area contributed by atoms with E-state index in [-0.39, 0.29) is 5.91 Å². The van der Waals surface area contributed by atoms with E-state index in [1.807, 2.05) is 13.1 Å². The number of aryl methyl sites for hydroxylation is 2. The third-order valence-electron chi connectivity index (χ3n) is 2.50. The Kier molecular flexibility index (Phi) is 6.08. The Hall–Kier alpha value is -1.00. The highest BCUT2D eigenvalue weighted by Crippen LogP contribution is 2.19. The van der Waals surface area contributed by atoms with E-state index in [4.69, 9.17) is 0 Å². The van der Waals surface area contributed by atoms with Gasteiger partial charge < -0.3 is 5.32 Å². The van der Waals surface area contributed by atoms with Gasteiger partial charge in [-0.05, 0) is 37.1 Å². The molecule has 1 amide bonds. The molecule has 4 heteroatoms. The van der Waals surface area contributed by atoms with Crippen LogP contribution in [0, 0.1) is 0 Å². The number of nitrogens with one attached hydrogen (secondary N) is 2. The van der Waals surface area contributed by atoms with E-state index in [1.165, 1.54) is 18.1 Å². The van der Waals surface area contributed by atoms with E-state index in [1.54, 1.807) is 11.9 Å². The standard InChI is InChI=1S/C13H20N2OS/c1-4-12-9-11(7-8-17-14-3)5-6-13(12)15-10(2)16/h5-6,9,14H,4,7-8H2,1-3H3,(H,15,16). The lowest BCUT2D eigenvalue weighted by Crippen LogP contribution is -2.08. The van der Waals surface area contributed by atoms with Crippen LogP contribution in [0.3, 0.4) is 0 Å². The van der Waals surface area contributed by atoms with Gasteiger partial charge in [0.15, 0.2) is 0 Å². The van der Waals surface area contributed by atoms with E-state index < -0.39 is 0 Å². The lowest BCUT2D eigenvalue weighted by Gasteiger charge is -2.10. The van der Waals surface area contributed by atoms with Crippen LogP contribution in [0.2, 0.25) is 0 Å². The van der Waals surface area contributed by atoms with E-state index in [9.17, 15) is 4.79 Å². The molecule has 94 valence electrons. The zero-order valence-electron chi connectivity index (χ0n) is 10.7. The van der Waals surface area contributed by atoms with Crippen molar-refractivity contribution >= 4 is 23.5 Å². The molecule has 0 saturated heterocycles. The molecule has 0 aliphatic carbocycles. The quantitative estimate of drug-likeness (QED) is 0.604. The molecule has 0 heterocycles. The fourth-order valence-electron chi connectivity index (χ4n) is 1.68. The highest BCUT2D eigenvalue weighted by Gasteiger charge is 2.04. The van der Waals surface area contributed by atoms with Crippen LogP contribution in [0.1, 0.15) is 25.0 Å². The summed E-state index contributed by atoms with van der Waals surface area (Å²) in [5, 5.41) is 2.86. The van der Waals surface area contributed by atoms with Crippen LogP contribution in [-0.4, -0.2) is 18.7 Å². The summed E-state index contributed by atoms with van der Waals surface area (Å²) in [7, 11) is 1.93. The average Bonchev–Trinajstić information content (AvgIpc) is 2.30. The zero-order valence-corrected chi connectivity index (χ0v) is 11.5. The Balaban J connectivity index is 2.73. The van der Waals surface area contributed by atoms with Gasteiger partial charge in [-0.2, -0.15) is 0 Å². The maximum Gasteiger partial charge on any atom is 0.221 e. The van der Waals surface area contributed by atoms with Crippen molar-refractivity contribution in [3.8, 4) is 0 Å². The minimum atomic E-state index is -0.0156. The number of hydrogen-bond acceptors (Lipinski definition) is 3. The van der Waals surface area contributed by atoms with E-state index in [0.717, 1.165) is 24.3 Å². The van der Waals surface area contributed by atoms with Gasteiger partial charge in [0.25, 0.3) is 0 Å². The summed E-state index contributed by atoms with van der Waals surface area (Å²) in [6.45, 7) is 3.64. The smallest absolute Gasteiger partial charge is 0.221 e. The highest BCUT2D eigenvalue weighted by molar-refractivity contribution is 7.97. The predicted octanol–water partition coefficient (Wildman–Crippen LogP) is 2.62. The van der Waals surface area contributed by atoms with Gasteiger partial charge in [0.2, 0.25) is 5.91 Å². The third-order valence-corrected chi connectivity index (χ3v) is 3.20. The summed E-state index contributed by atoms with van der Waals surface area (Å²) in [6.07, 6.45) is 1.97. The molecule has 2 N–H and O–H groups in total. The maximum atomic E-state index is 11.1. The number of rotatable bonds is 6. The summed E-state index contributed by atoms with van der Waals surface area (Å²) >= 11 is 1.71. The summed E-state index contributed by atoms with van der Waals surface area (Å²) in [4.78, 5) is 11.1. The summed E-state index contributed by atoms with van der Waals surface area (Å²) < 4.78 is 3.06. The normalized spacial score (nSPS) is 10.3. The number of hydrogen-bond donors (Lipinski definition) is 2. The molecular weight excluding hydrogens is 232 g/mol. The van der Waals surface area contributed by atoms with E-state index in [2.05, 4.69) is 29.1 Å². The first-order valence-corrected chi connectivity index (χ1v) is 6.83. The summed E-state index contributed by atoms with van der Waals surface area (Å²) in [5.41, 5.74) is 3.45. The summed E-state index contributed by atoms with van der Waals surface area (Å²) in [5.74, 6) is 1.04. The van der Waals surface area contributed by atoms with Crippen LogP contribution in [-0.2, 0) is 17.6 Å². The van der Waals surface area contributed by atoms with Crippen LogP contribution in [0.5, 0.6) is 0 Å². The van der Waals surface area contributed by atoms with Gasteiger partial charge in [-0.25, -0.2) is 0 Å². The number of amides is 1. The fourth-order valence-corrected chi connectivity index (χ4v) is 2.22. The summed E-state index contributed by atoms with van der Waals surface area (Å²) in [6, 6.07) is 6.27. The van der Waals surface area contributed by atoms with Crippen molar-refractivity contribution in [1.29, 1.82) is 0 Å². The molecule has 1 aromatic rings. The second-order valence-electron chi connectivity index (χ2n) is 3.83. The third kappa shape index (κ3) is 4.79. The molecule has 3 nitrogen and oxygen atoms in total. The Labute approximate surface area is 108 Å². The molecule has 0 radical (unpaired) electrons. The van der Waals surface area contributed by atoms with Crippen LogP contribution < -0.4 is 10.0 Å². The first-order valence-electron chi connectivity index (χ1n) is 5.85. The molecule has 0 aliphatic heterocycles. The minimum Gasteiger partial charge on any atom is -0.326 e. The van der Waals surface area contributed by atoms with Crippen molar-refractivity contribution in [2.75, 3.05) is 18.1 Å². The van der Waals surface area contributed by atoms with Crippen LogP contribution >= 0.6 is 11.9 Å². The molecular formula is C13H20N2OS. The Morgan fingerprint density at radius 3 is 2.76 bits per heavy atom. The van der Waals surface area contributed by atoms with Gasteiger partial charge in [-0.1, -0.05) is 31.0 Å². The average molecular weight is 252 g/mol. The molecule has 0 atom stereocenters. The van der Waals surface area contributed by atoms with Gasteiger partial charge in [-0.3, -0.25) is 9.52 Å². The van der Waals surface area contributed by atoms with Gasteiger partial charge >= 0.3 is 0 Å². The molecule has 0 saturated carbocycles. The molecule has 1 rings (SSSR count). The minimum absolute atomic E-state index is 0.0156. The van der Waals surface area contributed by atoms with Crippen molar-refractivity contribution in [2.24, 2.45) is 0 Å². The topological polar surface area (TPSA) is 41.1 Å². The molecule has 1 aromatic carbocycles. The van der Waals surface area contributed by atoms with Gasteiger partial charge in [0, 0.05) is 18.4 Å². The molecule has 0 spiro atoms. The van der Waals surface area contributed by atoms with Gasteiger partial charge in [0.1, 0.15) is 0 Å². The Morgan fingerprint density at radius 2 is 2.18 bits per heavy atom. The second-order valence-corrected chi connectivity index (χ2v) is 4.93. The SMILES string of the molecule is CCc1cc(CCSNC)ccc1NC(C)=O. The van der Waals surface area contributed by atoms with Crippen molar-refractivity contribution in [1.82, 2.24) is 4.72 Å². The number of benzene rings is 1. The molecule has 0 bridgehead atoms. The first kappa shape index (κ1) is 14.1. The van der Waals surface area contributed by atoms with Crippen molar-refractivity contribution in [3.63, 3.8) is 0 Å². The van der Waals surface area contributed by atoms with Gasteiger partial charge in [-0.15, -0.1) is 0 Å². The Morgan fingerprint density at radius 1 is 1.41 bits per heavy atom. The zero-order chi connectivity index (χ0) is 12.7. The highest BCUT2D eigenvalue weighted by atomic mass is 32.2. The lowest BCUT2D eigenvalue weighted by atomic mass is 10.0. The maximum absolute atomic E-state index is 11.1. The molecule has 17 heavy (non-hydrogen) atoms. The monoisotopic (exact) mass is 252 g/mol. The van der Waals surface area contributed by atoms with Crippen LogP contribution in [0.25, 0.3) is 0 Å². The molecule has 0 aromatic heterocycles. The largest absolute Gasteiger partial charge is 0.326 e. The van der Waals surface area contributed by atoms with E-state index in [0.29, 0.717) is 0 Å². The Bertz CT molecular complexity index is 380. The van der Waals surface area contributed by atoms with E-state index >= 15 is 0 Å². The van der Waals surface area contributed by atoms with Gasteiger partial charge in [0.05, 0.1) is 0 Å². The van der Waals surface area contributed by atoms with Crippen molar-refractivity contribution in [2.45, 2.75) is 26.7 Å². The molecule has 0 unspecified atom stereocenters. The molecule has 0 fully saturated rings. The lowest BCUT2D eigenvalue weighted by molar-refractivity contribution is -0.114. The fraction of sp³-hybridized carbons (Fsp3) is 0.462. The second kappa shape index (κ2) is 7.35. The van der Waals surface area contributed by atoms with Crippen molar-refractivity contribution in [3.05, 3.63) is 29.3 Å². The van der Waals surface area contributed by atoms with Crippen LogP contribution in [0.4, 0.5) is 5.69 Å². The van der Waals surface area contributed by atoms with Crippen LogP contribution in [0.15, 0.2) is 18.2 Å². The molecule has 0 aliphatic rings. The number of carbonyl (C=O) groups excluding carboxylic acids is 1.